The van der Waals surface area contributed by atoms with Crippen LogP contribution in [0.4, 0.5) is 0 Å². The van der Waals surface area contributed by atoms with Crippen molar-refractivity contribution >= 4 is 5.78 Å². The van der Waals surface area contributed by atoms with E-state index >= 15 is 0 Å². The van der Waals surface area contributed by atoms with Gasteiger partial charge in [0.2, 0.25) is 0 Å². The monoisotopic (exact) mass is 249 g/mol. The van der Waals surface area contributed by atoms with E-state index in [1.807, 2.05) is 24.3 Å². The number of nitrogens with two attached hydrogens (primary N) is 1. The van der Waals surface area contributed by atoms with Gasteiger partial charge >= 0.3 is 0 Å². The van der Waals surface area contributed by atoms with Crippen LogP contribution in [0, 0.1) is 0 Å². The van der Waals surface area contributed by atoms with Crippen LogP contribution >= 0.6 is 0 Å². The average Bonchev–Trinajstić information content (AvgIpc) is 2.41. The molecule has 0 radical (unpaired) electrons. The Morgan fingerprint density at radius 1 is 1.22 bits per heavy atom. The highest BCUT2D eigenvalue weighted by atomic mass is 16.5. The highest BCUT2D eigenvalue weighted by molar-refractivity contribution is 5.98. The van der Waals surface area contributed by atoms with Crippen molar-refractivity contribution < 1.29 is 9.53 Å². The van der Waals surface area contributed by atoms with Gasteiger partial charge < -0.3 is 10.5 Å². The van der Waals surface area contributed by atoms with Crippen LogP contribution in [0.15, 0.2) is 24.3 Å². The van der Waals surface area contributed by atoms with E-state index < -0.39 is 0 Å². The zero-order valence-corrected chi connectivity index (χ0v) is 11.2. The fourth-order valence-electron chi connectivity index (χ4n) is 1.78. The van der Waals surface area contributed by atoms with Crippen LogP contribution in [0.25, 0.3) is 0 Å². The van der Waals surface area contributed by atoms with Crippen molar-refractivity contribution in [2.75, 3.05) is 13.2 Å². The predicted octanol–water partition coefficient (Wildman–Crippen LogP) is 3.18. The van der Waals surface area contributed by atoms with Gasteiger partial charge in [-0.25, -0.2) is 0 Å². The molecule has 0 atom stereocenters. The van der Waals surface area contributed by atoms with Crippen LogP contribution in [-0.2, 0) is 0 Å². The van der Waals surface area contributed by atoms with Crippen molar-refractivity contribution in [2.45, 2.75) is 39.0 Å². The van der Waals surface area contributed by atoms with E-state index in [-0.39, 0.29) is 5.78 Å². The van der Waals surface area contributed by atoms with Crippen LogP contribution in [0.2, 0.25) is 0 Å². The summed E-state index contributed by atoms with van der Waals surface area (Å²) in [5.41, 5.74) is 6.14. The number of unbranched alkanes of at least 4 members (excludes halogenated alkanes) is 2. The number of benzene rings is 1. The molecule has 18 heavy (non-hydrogen) atoms. The van der Waals surface area contributed by atoms with Crippen molar-refractivity contribution in [3.63, 3.8) is 0 Å². The molecule has 0 aliphatic rings. The number of hydrogen-bond donors (Lipinski definition) is 1. The first-order chi connectivity index (χ1) is 8.79. The lowest BCUT2D eigenvalue weighted by Gasteiger charge is -2.09. The molecule has 0 fully saturated rings. The molecule has 3 heteroatoms. The Bertz CT molecular complexity index is 363. The molecule has 3 nitrogen and oxygen atoms in total. The number of para-hydroxylation sites is 1. The summed E-state index contributed by atoms with van der Waals surface area (Å²) in [6.07, 6.45) is 4.42. The maximum atomic E-state index is 12.1. The van der Waals surface area contributed by atoms with Crippen molar-refractivity contribution in [3.8, 4) is 5.75 Å². The van der Waals surface area contributed by atoms with Gasteiger partial charge in [0.15, 0.2) is 5.78 Å². The third-order valence-electron chi connectivity index (χ3n) is 2.76. The van der Waals surface area contributed by atoms with Gasteiger partial charge in [0.05, 0.1) is 12.2 Å². The van der Waals surface area contributed by atoms with E-state index in [1.54, 1.807) is 0 Å². The Labute approximate surface area is 109 Å². The van der Waals surface area contributed by atoms with Crippen LogP contribution in [0.5, 0.6) is 5.75 Å². The lowest BCUT2D eigenvalue weighted by atomic mass is 10.0. The fourth-order valence-corrected chi connectivity index (χ4v) is 1.78. The molecule has 0 aliphatic carbocycles. The second-order valence-electron chi connectivity index (χ2n) is 4.37. The first kappa shape index (κ1) is 14.7. The van der Waals surface area contributed by atoms with Crippen molar-refractivity contribution in [2.24, 2.45) is 5.73 Å². The van der Waals surface area contributed by atoms with Crippen LogP contribution in [-0.4, -0.2) is 18.9 Å². The SMILES string of the molecule is CCCOc1ccccc1C(=O)CCCCCN. The quantitative estimate of drug-likeness (QED) is 0.540. The molecule has 0 bridgehead atoms. The Morgan fingerprint density at radius 2 is 2.00 bits per heavy atom. The zero-order valence-electron chi connectivity index (χ0n) is 11.2. The topological polar surface area (TPSA) is 52.3 Å². The minimum Gasteiger partial charge on any atom is -0.493 e. The van der Waals surface area contributed by atoms with Crippen molar-refractivity contribution in [3.05, 3.63) is 29.8 Å². The lowest BCUT2D eigenvalue weighted by molar-refractivity contribution is 0.0975. The Balaban J connectivity index is 2.55. The summed E-state index contributed by atoms with van der Waals surface area (Å²) in [6.45, 7) is 3.40. The van der Waals surface area contributed by atoms with Gasteiger partial charge in [-0.05, 0) is 37.9 Å². The lowest BCUT2D eigenvalue weighted by Crippen LogP contribution is -2.05. The number of carbonyl (C=O) groups is 1. The number of ketones is 1. The molecule has 1 aromatic rings. The second kappa shape index (κ2) is 8.70. The third-order valence-corrected chi connectivity index (χ3v) is 2.76. The zero-order chi connectivity index (χ0) is 13.2. The van der Waals surface area contributed by atoms with Gasteiger partial charge in [-0.2, -0.15) is 0 Å². The Morgan fingerprint density at radius 3 is 2.72 bits per heavy atom. The average molecular weight is 249 g/mol. The summed E-state index contributed by atoms with van der Waals surface area (Å²) in [6, 6.07) is 7.49. The molecule has 1 rings (SSSR count). The van der Waals surface area contributed by atoms with Crippen molar-refractivity contribution in [1.29, 1.82) is 0 Å². The Hall–Kier alpha value is -1.35. The van der Waals surface area contributed by atoms with E-state index in [1.165, 1.54) is 0 Å². The smallest absolute Gasteiger partial charge is 0.166 e. The van der Waals surface area contributed by atoms with E-state index in [9.17, 15) is 4.79 Å². The van der Waals surface area contributed by atoms with Gasteiger partial charge in [-0.15, -0.1) is 0 Å². The number of Topliss-reactive ketones (excluding diaryl/α,β-unsaturated/α-hetero) is 1. The van der Waals surface area contributed by atoms with Gasteiger partial charge in [-0.3, -0.25) is 4.79 Å². The second-order valence-corrected chi connectivity index (χ2v) is 4.37. The van der Waals surface area contributed by atoms with E-state index in [4.69, 9.17) is 10.5 Å². The van der Waals surface area contributed by atoms with Gasteiger partial charge in [-0.1, -0.05) is 25.5 Å². The highest BCUT2D eigenvalue weighted by Crippen LogP contribution is 2.20. The predicted molar refractivity (Wildman–Crippen MR) is 74.1 cm³/mol. The van der Waals surface area contributed by atoms with Gasteiger partial charge in [0, 0.05) is 6.42 Å². The van der Waals surface area contributed by atoms with Gasteiger partial charge in [0.25, 0.3) is 0 Å². The summed E-state index contributed by atoms with van der Waals surface area (Å²) in [5.74, 6) is 0.877. The van der Waals surface area contributed by atoms with Gasteiger partial charge in [0.1, 0.15) is 5.75 Å². The standard InChI is InChI=1S/C15H23NO2/c1-2-12-18-15-10-6-5-8-13(15)14(17)9-4-3-7-11-16/h5-6,8,10H,2-4,7,9,11-12,16H2,1H3. The summed E-state index contributed by atoms with van der Waals surface area (Å²) < 4.78 is 5.59. The van der Waals surface area contributed by atoms with Crippen LogP contribution < -0.4 is 10.5 Å². The minimum atomic E-state index is 0.165. The summed E-state index contributed by atoms with van der Waals surface area (Å²) in [5, 5.41) is 0. The molecule has 0 spiro atoms. The molecule has 1 aromatic carbocycles. The van der Waals surface area contributed by atoms with Crippen molar-refractivity contribution in [1.82, 2.24) is 0 Å². The Kier molecular flexibility index (Phi) is 7.11. The maximum absolute atomic E-state index is 12.1. The molecule has 0 amide bonds. The minimum absolute atomic E-state index is 0.165. The summed E-state index contributed by atoms with van der Waals surface area (Å²) in [4.78, 5) is 12.1. The summed E-state index contributed by atoms with van der Waals surface area (Å²) in [7, 11) is 0. The largest absolute Gasteiger partial charge is 0.493 e. The molecule has 0 saturated carbocycles. The van der Waals surface area contributed by atoms with E-state index in [0.717, 1.165) is 25.7 Å². The van der Waals surface area contributed by atoms with E-state index in [2.05, 4.69) is 6.92 Å². The molecular weight excluding hydrogens is 226 g/mol. The van der Waals surface area contributed by atoms with E-state index in [0.29, 0.717) is 30.9 Å². The first-order valence-electron chi connectivity index (χ1n) is 6.74. The molecule has 2 N–H and O–H groups in total. The molecule has 0 aliphatic heterocycles. The van der Waals surface area contributed by atoms with Crippen LogP contribution in [0.1, 0.15) is 49.4 Å². The maximum Gasteiger partial charge on any atom is 0.166 e. The number of rotatable bonds is 9. The first-order valence-corrected chi connectivity index (χ1v) is 6.74. The number of ether oxygens (including phenoxy) is 1. The van der Waals surface area contributed by atoms with Crippen LogP contribution in [0.3, 0.4) is 0 Å². The third kappa shape index (κ3) is 4.88. The molecular formula is C15H23NO2. The molecule has 0 saturated heterocycles. The number of carbonyl (C=O) groups excluding carboxylic acids is 1. The number of hydrogen-bond acceptors (Lipinski definition) is 3. The normalized spacial score (nSPS) is 10.3. The fraction of sp³-hybridized carbons (Fsp3) is 0.533. The molecule has 100 valence electrons. The summed E-state index contributed by atoms with van der Waals surface area (Å²) >= 11 is 0. The molecule has 0 heterocycles. The molecule has 0 unspecified atom stereocenters. The highest BCUT2D eigenvalue weighted by Gasteiger charge is 2.11. The molecule has 0 aromatic heterocycles.